The third kappa shape index (κ3) is 2.28. The zero-order valence-corrected chi connectivity index (χ0v) is 13.8. The van der Waals surface area contributed by atoms with Gasteiger partial charge in [0.2, 0.25) is 0 Å². The van der Waals surface area contributed by atoms with Gasteiger partial charge in [-0.15, -0.1) is 11.3 Å². The summed E-state index contributed by atoms with van der Waals surface area (Å²) in [5.41, 5.74) is 0. The first-order valence-corrected chi connectivity index (χ1v) is 9.55. The molecule has 0 radical (unpaired) electrons. The maximum Gasteiger partial charge on any atom is 0.291 e. The van der Waals surface area contributed by atoms with Gasteiger partial charge in [-0.1, -0.05) is 29.8 Å². The third-order valence-electron chi connectivity index (χ3n) is 3.15. The van der Waals surface area contributed by atoms with Crippen molar-refractivity contribution in [3.8, 4) is 0 Å². The van der Waals surface area contributed by atoms with Crippen LogP contribution in [0.2, 0.25) is 5.02 Å². The summed E-state index contributed by atoms with van der Waals surface area (Å²) in [5.74, 6) is -0.280. The molecule has 0 spiro atoms. The highest BCUT2D eigenvalue weighted by Gasteiger charge is 2.31. The highest BCUT2D eigenvalue weighted by atomic mass is 35.5. The average Bonchev–Trinajstić information content (AvgIpc) is 3.16. The quantitative estimate of drug-likeness (QED) is 0.723. The van der Waals surface area contributed by atoms with Gasteiger partial charge in [-0.05, 0) is 27.7 Å². The lowest BCUT2D eigenvalue weighted by Gasteiger charge is -2.09. The third-order valence-corrected chi connectivity index (χ3v) is 7.00. The summed E-state index contributed by atoms with van der Waals surface area (Å²) in [5, 5.41) is 3.05. The summed E-state index contributed by atoms with van der Waals surface area (Å²) in [6.45, 7) is 1.56. The van der Waals surface area contributed by atoms with E-state index in [9.17, 15) is 4.79 Å². The molecule has 21 heavy (non-hydrogen) atoms. The van der Waals surface area contributed by atoms with Gasteiger partial charge in [-0.2, -0.15) is 4.99 Å². The van der Waals surface area contributed by atoms with E-state index in [0.717, 1.165) is 28.3 Å². The number of hydrogen-bond acceptors (Lipinski definition) is 5. The largest absolute Gasteiger partial charge is 0.297 e. The van der Waals surface area contributed by atoms with Crippen LogP contribution in [0.4, 0.5) is 0 Å². The van der Waals surface area contributed by atoms with Crippen molar-refractivity contribution in [2.24, 2.45) is 9.98 Å². The minimum atomic E-state index is -0.280. The number of aliphatic imine (C=N–C) groups is 2. The van der Waals surface area contributed by atoms with Gasteiger partial charge in [0.1, 0.15) is 4.88 Å². The van der Waals surface area contributed by atoms with Crippen LogP contribution < -0.4 is 0 Å². The lowest BCUT2D eigenvalue weighted by Crippen LogP contribution is -2.25. The van der Waals surface area contributed by atoms with Crippen LogP contribution in [-0.2, 0) is 0 Å². The molecular weight excluding hydrogens is 346 g/mol. The Morgan fingerprint density at radius 3 is 3.05 bits per heavy atom. The predicted octanol–water partition coefficient (Wildman–Crippen LogP) is 4.12. The van der Waals surface area contributed by atoms with Crippen molar-refractivity contribution in [1.29, 1.82) is 0 Å². The summed E-state index contributed by atoms with van der Waals surface area (Å²) in [6, 6.07) is 7.73. The Bertz CT molecular complexity index is 814. The number of thiophene rings is 1. The molecule has 0 bridgehead atoms. The van der Waals surface area contributed by atoms with E-state index in [4.69, 9.17) is 11.6 Å². The molecule has 0 atom stereocenters. The lowest BCUT2D eigenvalue weighted by atomic mass is 10.2. The molecule has 3 heterocycles. The number of rotatable bonds is 1. The van der Waals surface area contributed by atoms with Crippen LogP contribution in [0.1, 0.15) is 9.67 Å². The number of hydrogen-bond donors (Lipinski definition) is 0. The second kappa shape index (κ2) is 5.31. The van der Waals surface area contributed by atoms with Gasteiger partial charge in [-0.25, -0.2) is 0 Å². The van der Waals surface area contributed by atoms with E-state index in [2.05, 4.69) is 9.98 Å². The maximum atomic E-state index is 12.4. The SMILES string of the molecule is O=C(N=C1SSC2=NCCN21)c1sc2ccccc2c1Cl. The van der Waals surface area contributed by atoms with Crippen molar-refractivity contribution in [2.45, 2.75) is 0 Å². The summed E-state index contributed by atoms with van der Waals surface area (Å²) in [4.78, 5) is 23.5. The maximum absolute atomic E-state index is 12.4. The number of amidine groups is 2. The van der Waals surface area contributed by atoms with E-state index in [1.807, 2.05) is 29.2 Å². The van der Waals surface area contributed by atoms with Gasteiger partial charge in [0, 0.05) is 16.6 Å². The highest BCUT2D eigenvalue weighted by Crippen LogP contribution is 2.39. The van der Waals surface area contributed by atoms with Gasteiger partial charge in [0.25, 0.3) is 5.91 Å². The van der Waals surface area contributed by atoms with Crippen molar-refractivity contribution < 1.29 is 4.79 Å². The first-order valence-electron chi connectivity index (χ1n) is 6.20. The zero-order valence-electron chi connectivity index (χ0n) is 10.6. The molecule has 0 N–H and O–H groups in total. The number of halogens is 1. The fraction of sp³-hybridized carbons (Fsp3) is 0.154. The van der Waals surface area contributed by atoms with E-state index in [-0.39, 0.29) is 5.91 Å². The summed E-state index contributed by atoms with van der Waals surface area (Å²) in [7, 11) is 3.02. The smallest absolute Gasteiger partial charge is 0.291 e. The topological polar surface area (TPSA) is 45.0 Å². The Morgan fingerprint density at radius 1 is 1.33 bits per heavy atom. The fourth-order valence-electron chi connectivity index (χ4n) is 2.16. The molecule has 106 valence electrons. The number of carbonyl (C=O) groups is 1. The van der Waals surface area contributed by atoms with E-state index in [1.54, 1.807) is 10.8 Å². The predicted molar refractivity (Wildman–Crippen MR) is 92.8 cm³/mol. The average molecular weight is 354 g/mol. The highest BCUT2D eigenvalue weighted by molar-refractivity contribution is 8.88. The summed E-state index contributed by atoms with van der Waals surface area (Å²) < 4.78 is 1.00. The van der Waals surface area contributed by atoms with Crippen LogP contribution in [0.3, 0.4) is 0 Å². The van der Waals surface area contributed by atoms with Crippen molar-refractivity contribution in [1.82, 2.24) is 4.90 Å². The molecule has 0 aliphatic carbocycles. The van der Waals surface area contributed by atoms with Crippen LogP contribution in [0, 0.1) is 0 Å². The van der Waals surface area contributed by atoms with Gasteiger partial charge >= 0.3 is 0 Å². The Labute approximate surface area is 137 Å². The molecule has 0 unspecified atom stereocenters. The van der Waals surface area contributed by atoms with Crippen LogP contribution in [0.5, 0.6) is 0 Å². The Morgan fingerprint density at radius 2 is 2.19 bits per heavy atom. The van der Waals surface area contributed by atoms with Crippen molar-refractivity contribution >= 4 is 70.9 Å². The molecular formula is C13H8ClN3OS3. The molecule has 2 aromatic rings. The number of amides is 1. The number of nitrogens with zero attached hydrogens (tertiary/aromatic N) is 3. The van der Waals surface area contributed by atoms with E-state index >= 15 is 0 Å². The normalized spacial score (nSPS) is 19.4. The van der Waals surface area contributed by atoms with Crippen LogP contribution in [-0.4, -0.2) is 34.2 Å². The Kier molecular flexibility index (Phi) is 3.45. The fourth-order valence-corrected chi connectivity index (χ4v) is 5.82. The zero-order chi connectivity index (χ0) is 14.4. The number of benzene rings is 1. The van der Waals surface area contributed by atoms with Gasteiger partial charge in [0.15, 0.2) is 10.3 Å². The molecule has 2 aliphatic heterocycles. The molecule has 8 heteroatoms. The molecule has 0 saturated carbocycles. The Hall–Kier alpha value is -1.02. The van der Waals surface area contributed by atoms with Crippen LogP contribution in [0.15, 0.2) is 34.3 Å². The number of carbonyl (C=O) groups excluding carboxylic acids is 1. The van der Waals surface area contributed by atoms with E-state index < -0.39 is 0 Å². The summed E-state index contributed by atoms with van der Waals surface area (Å²) >= 11 is 7.71. The van der Waals surface area contributed by atoms with E-state index in [1.165, 1.54) is 22.1 Å². The monoisotopic (exact) mass is 353 g/mol. The molecule has 1 aromatic carbocycles. The summed E-state index contributed by atoms with van der Waals surface area (Å²) in [6.07, 6.45) is 0. The molecule has 4 nitrogen and oxygen atoms in total. The second-order valence-electron chi connectivity index (χ2n) is 4.42. The standard InChI is InChI=1S/C13H8ClN3OS3/c14-9-7-3-1-2-4-8(7)19-10(9)11(18)16-13-17-6-5-15-12(17)20-21-13/h1-4H,5-6H2. The molecule has 1 amide bonds. The van der Waals surface area contributed by atoms with Gasteiger partial charge in [-0.3, -0.25) is 14.7 Å². The number of fused-ring (bicyclic) bond motifs is 2. The van der Waals surface area contributed by atoms with Crippen molar-refractivity contribution in [2.75, 3.05) is 13.1 Å². The van der Waals surface area contributed by atoms with Crippen molar-refractivity contribution in [3.63, 3.8) is 0 Å². The molecule has 2 aliphatic rings. The van der Waals surface area contributed by atoms with E-state index in [0.29, 0.717) is 15.1 Å². The van der Waals surface area contributed by atoms with Gasteiger partial charge in [0.05, 0.1) is 11.6 Å². The van der Waals surface area contributed by atoms with Gasteiger partial charge < -0.3 is 0 Å². The lowest BCUT2D eigenvalue weighted by molar-refractivity contribution is 0.101. The van der Waals surface area contributed by atoms with Crippen molar-refractivity contribution in [3.05, 3.63) is 34.2 Å². The minimum Gasteiger partial charge on any atom is -0.297 e. The minimum absolute atomic E-state index is 0.280. The van der Waals surface area contributed by atoms with Crippen LogP contribution >= 0.6 is 44.5 Å². The first-order chi connectivity index (χ1) is 10.2. The second-order valence-corrected chi connectivity index (χ2v) is 7.92. The Balaban J connectivity index is 1.71. The molecule has 1 aromatic heterocycles. The molecule has 1 fully saturated rings. The molecule has 1 saturated heterocycles. The first kappa shape index (κ1) is 13.6. The molecule has 4 rings (SSSR count). The van der Waals surface area contributed by atoms with Crippen LogP contribution in [0.25, 0.3) is 10.1 Å².